The molecule has 1 amide bonds. The first-order chi connectivity index (χ1) is 7.29. The first-order valence-electron chi connectivity index (χ1n) is 4.75. The number of nitrogens with two attached hydrogens (primary N) is 1. The van der Waals surface area contributed by atoms with Gasteiger partial charge in [0.05, 0.1) is 6.54 Å². The molecule has 6 heteroatoms. The van der Waals surface area contributed by atoms with Gasteiger partial charge in [-0.2, -0.15) is 0 Å². The zero-order valence-corrected chi connectivity index (χ0v) is 8.23. The van der Waals surface area contributed by atoms with E-state index in [-0.39, 0.29) is 5.91 Å². The number of anilines is 2. The van der Waals surface area contributed by atoms with Gasteiger partial charge < -0.3 is 15.6 Å². The van der Waals surface area contributed by atoms with Gasteiger partial charge in [-0.1, -0.05) is 6.07 Å². The van der Waals surface area contributed by atoms with Crippen LogP contribution in [0.4, 0.5) is 11.6 Å². The zero-order valence-electron chi connectivity index (χ0n) is 8.23. The maximum Gasteiger partial charge on any atom is 0.239 e. The monoisotopic (exact) mass is 207 g/mol. The van der Waals surface area contributed by atoms with Crippen LogP contribution in [0, 0.1) is 0 Å². The minimum absolute atomic E-state index is 0.0224. The third-order valence-electron chi connectivity index (χ3n) is 2.24. The topological polar surface area (TPSA) is 83.3 Å². The summed E-state index contributed by atoms with van der Waals surface area (Å²) in [4.78, 5) is 17.4. The molecule has 1 aliphatic rings. The van der Waals surface area contributed by atoms with Crippen LogP contribution >= 0.6 is 0 Å². The summed E-state index contributed by atoms with van der Waals surface area (Å²) in [6.45, 7) is 1.77. The molecule has 0 aromatic carbocycles. The quantitative estimate of drug-likeness (QED) is 0.441. The van der Waals surface area contributed by atoms with Crippen molar-refractivity contribution in [1.82, 2.24) is 10.3 Å². The normalized spacial score (nSPS) is 16.1. The molecule has 15 heavy (non-hydrogen) atoms. The van der Waals surface area contributed by atoms with Crippen molar-refractivity contribution in [3.8, 4) is 0 Å². The molecular formula is C9H13N5O. The van der Waals surface area contributed by atoms with Crippen molar-refractivity contribution in [2.45, 2.75) is 0 Å². The van der Waals surface area contributed by atoms with E-state index >= 15 is 0 Å². The van der Waals surface area contributed by atoms with Gasteiger partial charge in [0.1, 0.15) is 11.6 Å². The molecule has 1 saturated heterocycles. The van der Waals surface area contributed by atoms with E-state index < -0.39 is 0 Å². The summed E-state index contributed by atoms with van der Waals surface area (Å²) in [5, 5.41) is 2.76. The van der Waals surface area contributed by atoms with Crippen LogP contribution in [0.1, 0.15) is 0 Å². The number of hydrazine groups is 1. The minimum Gasteiger partial charge on any atom is -0.353 e. The number of carbonyl (C=O) groups is 1. The average Bonchev–Trinajstić information content (AvgIpc) is 2.29. The molecule has 4 N–H and O–H groups in total. The van der Waals surface area contributed by atoms with Crippen LogP contribution in [0.5, 0.6) is 0 Å². The van der Waals surface area contributed by atoms with Gasteiger partial charge in [0.15, 0.2) is 0 Å². The van der Waals surface area contributed by atoms with Crippen LogP contribution in [0.3, 0.4) is 0 Å². The van der Waals surface area contributed by atoms with Crippen LogP contribution in [0.25, 0.3) is 0 Å². The van der Waals surface area contributed by atoms with Gasteiger partial charge in [-0.25, -0.2) is 10.8 Å². The van der Waals surface area contributed by atoms with Gasteiger partial charge in [0.25, 0.3) is 0 Å². The van der Waals surface area contributed by atoms with Crippen LogP contribution in [0.15, 0.2) is 18.2 Å². The number of nitrogens with zero attached hydrogens (tertiary/aromatic N) is 2. The highest BCUT2D eigenvalue weighted by Gasteiger charge is 2.17. The number of nitrogen functional groups attached to an aromatic ring is 1. The van der Waals surface area contributed by atoms with Crippen molar-refractivity contribution in [3.63, 3.8) is 0 Å². The Labute approximate surface area is 87.4 Å². The summed E-state index contributed by atoms with van der Waals surface area (Å²) in [7, 11) is 0. The van der Waals surface area contributed by atoms with Gasteiger partial charge in [0.2, 0.25) is 5.91 Å². The number of pyridine rings is 1. The molecule has 1 fully saturated rings. The fourth-order valence-electron chi connectivity index (χ4n) is 1.51. The lowest BCUT2D eigenvalue weighted by atomic mass is 10.3. The number of nitrogens with one attached hydrogen (secondary N) is 2. The third-order valence-corrected chi connectivity index (χ3v) is 2.24. The zero-order chi connectivity index (χ0) is 10.7. The molecule has 80 valence electrons. The van der Waals surface area contributed by atoms with Gasteiger partial charge >= 0.3 is 0 Å². The molecule has 0 saturated carbocycles. The lowest BCUT2D eigenvalue weighted by Gasteiger charge is -2.27. The maximum absolute atomic E-state index is 11.2. The highest BCUT2D eigenvalue weighted by atomic mass is 16.2. The van der Waals surface area contributed by atoms with Crippen LogP contribution in [-0.2, 0) is 4.79 Å². The number of amides is 1. The largest absolute Gasteiger partial charge is 0.353 e. The standard InChI is InChI=1S/C9H13N5O/c10-13-7-2-1-3-8(12-7)14-5-4-11-9(15)6-14/h1-3H,4-6,10H2,(H,11,15)(H,12,13). The highest BCUT2D eigenvalue weighted by molar-refractivity contribution is 5.82. The van der Waals surface area contributed by atoms with Crippen molar-refractivity contribution in [1.29, 1.82) is 0 Å². The van der Waals surface area contributed by atoms with Crippen molar-refractivity contribution < 1.29 is 4.79 Å². The SMILES string of the molecule is NNc1cccc(N2CCNC(=O)C2)n1. The molecule has 1 aromatic heterocycles. The van der Waals surface area contributed by atoms with E-state index in [9.17, 15) is 4.79 Å². The summed E-state index contributed by atoms with van der Waals surface area (Å²) in [6.07, 6.45) is 0. The Morgan fingerprint density at radius 2 is 2.40 bits per heavy atom. The number of carbonyl (C=O) groups excluding carboxylic acids is 1. The first-order valence-corrected chi connectivity index (χ1v) is 4.75. The predicted molar refractivity (Wildman–Crippen MR) is 57.3 cm³/mol. The van der Waals surface area contributed by atoms with E-state index in [0.29, 0.717) is 18.9 Å². The molecule has 6 nitrogen and oxygen atoms in total. The number of hydrogen-bond donors (Lipinski definition) is 3. The van der Waals surface area contributed by atoms with Crippen LogP contribution < -0.4 is 21.5 Å². The summed E-state index contributed by atoms with van der Waals surface area (Å²) in [6, 6.07) is 5.48. The lowest BCUT2D eigenvalue weighted by Crippen LogP contribution is -2.48. The molecule has 0 radical (unpaired) electrons. The molecule has 2 rings (SSSR count). The van der Waals surface area contributed by atoms with Crippen molar-refractivity contribution in [2.75, 3.05) is 30.0 Å². The van der Waals surface area contributed by atoms with E-state index in [1.807, 2.05) is 17.0 Å². The van der Waals surface area contributed by atoms with Crippen molar-refractivity contribution in [3.05, 3.63) is 18.2 Å². The number of hydrogen-bond acceptors (Lipinski definition) is 5. The minimum atomic E-state index is 0.0224. The van der Waals surface area contributed by atoms with E-state index in [1.54, 1.807) is 6.07 Å². The van der Waals surface area contributed by atoms with E-state index in [2.05, 4.69) is 15.7 Å². The third kappa shape index (κ3) is 2.16. The Kier molecular flexibility index (Phi) is 2.68. The number of aromatic nitrogens is 1. The Morgan fingerprint density at radius 3 is 3.13 bits per heavy atom. The van der Waals surface area contributed by atoms with E-state index in [4.69, 9.17) is 5.84 Å². The molecule has 1 aliphatic heterocycles. The van der Waals surface area contributed by atoms with Gasteiger partial charge in [0, 0.05) is 13.1 Å². The Morgan fingerprint density at radius 1 is 1.53 bits per heavy atom. The van der Waals surface area contributed by atoms with Gasteiger partial charge in [-0.15, -0.1) is 0 Å². The highest BCUT2D eigenvalue weighted by Crippen LogP contribution is 2.13. The molecule has 0 spiro atoms. The molecular weight excluding hydrogens is 194 g/mol. The number of rotatable bonds is 2. The predicted octanol–water partition coefficient (Wildman–Crippen LogP) is -0.697. The Bertz CT molecular complexity index is 367. The Balaban J connectivity index is 2.17. The maximum atomic E-state index is 11.2. The lowest BCUT2D eigenvalue weighted by molar-refractivity contribution is -0.120. The Hall–Kier alpha value is -1.82. The molecule has 0 aliphatic carbocycles. The van der Waals surface area contributed by atoms with Crippen molar-refractivity contribution >= 4 is 17.5 Å². The summed E-state index contributed by atoms with van der Waals surface area (Å²) < 4.78 is 0. The smallest absolute Gasteiger partial charge is 0.239 e. The summed E-state index contributed by atoms with van der Waals surface area (Å²) >= 11 is 0. The van der Waals surface area contributed by atoms with Crippen molar-refractivity contribution in [2.24, 2.45) is 5.84 Å². The molecule has 0 atom stereocenters. The fourth-order valence-corrected chi connectivity index (χ4v) is 1.51. The fraction of sp³-hybridized carbons (Fsp3) is 0.333. The molecule has 0 unspecified atom stereocenters. The molecule has 0 bridgehead atoms. The van der Waals surface area contributed by atoms with Crippen LogP contribution in [-0.4, -0.2) is 30.5 Å². The second-order valence-corrected chi connectivity index (χ2v) is 3.30. The second kappa shape index (κ2) is 4.14. The number of piperazine rings is 1. The second-order valence-electron chi connectivity index (χ2n) is 3.30. The van der Waals surface area contributed by atoms with Gasteiger partial charge in [-0.05, 0) is 12.1 Å². The molecule has 2 heterocycles. The van der Waals surface area contributed by atoms with Gasteiger partial charge in [-0.3, -0.25) is 4.79 Å². The molecule has 1 aromatic rings. The summed E-state index contributed by atoms with van der Waals surface area (Å²) in [5.74, 6) is 6.65. The van der Waals surface area contributed by atoms with E-state index in [1.165, 1.54) is 0 Å². The summed E-state index contributed by atoms with van der Waals surface area (Å²) in [5.41, 5.74) is 2.48. The first kappa shape index (κ1) is 9.72. The average molecular weight is 207 g/mol. The van der Waals surface area contributed by atoms with E-state index in [0.717, 1.165) is 12.4 Å². The van der Waals surface area contributed by atoms with Crippen LogP contribution in [0.2, 0.25) is 0 Å².